The Balaban J connectivity index is 1.70. The van der Waals surface area contributed by atoms with Gasteiger partial charge in [0, 0.05) is 25.3 Å². The highest BCUT2D eigenvalue weighted by Crippen LogP contribution is 2.24. The van der Waals surface area contributed by atoms with Crippen molar-refractivity contribution in [1.82, 2.24) is 4.90 Å². The van der Waals surface area contributed by atoms with Crippen LogP contribution in [0, 0.1) is 6.92 Å². The van der Waals surface area contributed by atoms with Crippen LogP contribution >= 0.6 is 0 Å². The van der Waals surface area contributed by atoms with Gasteiger partial charge in [-0.1, -0.05) is 12.1 Å². The predicted molar refractivity (Wildman–Crippen MR) is 80.6 cm³/mol. The smallest absolute Gasteiger partial charge is 0.282 e. The monoisotopic (exact) mass is 274 g/mol. The third-order valence-corrected chi connectivity index (χ3v) is 5.07. The molecule has 0 radical (unpaired) electrons. The Kier molecular flexibility index (Phi) is 3.52. The summed E-state index contributed by atoms with van der Waals surface area (Å²) in [5.41, 5.74) is 2.09. The van der Waals surface area contributed by atoms with Gasteiger partial charge in [-0.25, -0.2) is 0 Å². The van der Waals surface area contributed by atoms with E-state index in [2.05, 4.69) is 17.1 Å². The second-order valence-corrected chi connectivity index (χ2v) is 6.27. The van der Waals surface area contributed by atoms with Crippen LogP contribution in [0.2, 0.25) is 0 Å². The van der Waals surface area contributed by atoms with Gasteiger partial charge in [0.05, 0.1) is 19.6 Å². The summed E-state index contributed by atoms with van der Waals surface area (Å²) in [6.07, 6.45) is 0. The fourth-order valence-electron chi connectivity index (χ4n) is 3.49. The number of benzene rings is 1. The maximum Gasteiger partial charge on any atom is 0.282 e. The van der Waals surface area contributed by atoms with Crippen molar-refractivity contribution >= 4 is 11.6 Å². The number of nitrogens with zero attached hydrogens (tertiary/aromatic N) is 2. The number of nitrogens with one attached hydrogen (secondary N) is 1. The Morgan fingerprint density at radius 2 is 1.90 bits per heavy atom. The molecule has 0 spiro atoms. The zero-order valence-corrected chi connectivity index (χ0v) is 12.4. The summed E-state index contributed by atoms with van der Waals surface area (Å²) >= 11 is 0. The van der Waals surface area contributed by atoms with E-state index in [1.165, 1.54) is 5.56 Å². The molecule has 1 amide bonds. The first-order valence-electron chi connectivity index (χ1n) is 7.55. The summed E-state index contributed by atoms with van der Waals surface area (Å²) in [6.45, 7) is 10.9. The number of rotatable bonds is 3. The van der Waals surface area contributed by atoms with Crippen LogP contribution in [0.1, 0.15) is 12.5 Å². The number of piperazine rings is 3. The van der Waals surface area contributed by atoms with Crippen molar-refractivity contribution in [2.24, 2.45) is 0 Å². The molecule has 3 heterocycles. The largest absolute Gasteiger partial charge is 0.321 e. The molecule has 0 unspecified atom stereocenters. The first-order chi connectivity index (χ1) is 9.59. The van der Waals surface area contributed by atoms with E-state index in [1.807, 2.05) is 31.2 Å². The molecule has 1 aromatic carbocycles. The topological polar surface area (TPSA) is 32.3 Å². The lowest BCUT2D eigenvalue weighted by molar-refractivity contribution is -0.953. The summed E-state index contributed by atoms with van der Waals surface area (Å²) in [4.78, 5) is 15.1. The molecule has 108 valence electrons. The van der Waals surface area contributed by atoms with Gasteiger partial charge < -0.3 is 9.80 Å². The van der Waals surface area contributed by atoms with E-state index >= 15 is 0 Å². The summed E-state index contributed by atoms with van der Waals surface area (Å²) in [6, 6.07) is 8.06. The molecule has 0 aromatic heterocycles. The molecular weight excluding hydrogens is 250 g/mol. The van der Waals surface area contributed by atoms with Crippen LogP contribution in [0.4, 0.5) is 5.69 Å². The lowest BCUT2D eigenvalue weighted by Gasteiger charge is -2.52. The summed E-state index contributed by atoms with van der Waals surface area (Å²) < 4.78 is 0.966. The third-order valence-electron chi connectivity index (χ3n) is 5.07. The molecule has 20 heavy (non-hydrogen) atoms. The van der Waals surface area contributed by atoms with Crippen molar-refractivity contribution in [3.05, 3.63) is 29.8 Å². The van der Waals surface area contributed by atoms with E-state index in [0.29, 0.717) is 0 Å². The molecule has 4 rings (SSSR count). The standard InChI is InChI=1S/C16H23N3O/c1-13-4-3-5-15(12-13)17-16(20)14(2)19-9-6-18(7-10-19)8-11-19/h3-5,12,14H,6-11H2,1-2H3/p+1/t14-/m0/s1. The lowest BCUT2D eigenvalue weighted by atomic mass is 10.1. The van der Waals surface area contributed by atoms with E-state index in [4.69, 9.17) is 0 Å². The van der Waals surface area contributed by atoms with Gasteiger partial charge in [0.25, 0.3) is 5.91 Å². The molecule has 4 heteroatoms. The number of carbonyl (C=O) groups excluding carboxylic acids is 1. The number of hydrogen-bond acceptors (Lipinski definition) is 2. The minimum atomic E-state index is 0.0398. The molecule has 4 nitrogen and oxygen atoms in total. The first kappa shape index (κ1) is 13.6. The normalized spacial score (nSPS) is 30.0. The molecule has 0 saturated carbocycles. The molecule has 3 aliphatic heterocycles. The summed E-state index contributed by atoms with van der Waals surface area (Å²) in [5.74, 6) is 0.158. The second-order valence-electron chi connectivity index (χ2n) is 6.27. The molecule has 3 saturated heterocycles. The Morgan fingerprint density at radius 1 is 1.25 bits per heavy atom. The van der Waals surface area contributed by atoms with Crippen LogP contribution in [0.5, 0.6) is 0 Å². The molecule has 3 aliphatic rings. The van der Waals surface area contributed by atoms with Crippen LogP contribution in [0.25, 0.3) is 0 Å². The van der Waals surface area contributed by atoms with Crippen molar-refractivity contribution in [2.75, 3.05) is 44.6 Å². The minimum Gasteiger partial charge on any atom is -0.321 e. The molecular formula is C16H24N3O+. The Morgan fingerprint density at radius 3 is 2.50 bits per heavy atom. The summed E-state index contributed by atoms with van der Waals surface area (Å²) in [7, 11) is 0. The highest BCUT2D eigenvalue weighted by molar-refractivity contribution is 5.93. The van der Waals surface area contributed by atoms with Crippen molar-refractivity contribution in [3.63, 3.8) is 0 Å². The zero-order valence-electron chi connectivity index (χ0n) is 12.4. The van der Waals surface area contributed by atoms with Crippen molar-refractivity contribution < 1.29 is 9.28 Å². The minimum absolute atomic E-state index is 0.0398. The van der Waals surface area contributed by atoms with E-state index in [-0.39, 0.29) is 11.9 Å². The van der Waals surface area contributed by atoms with Gasteiger partial charge in [0.2, 0.25) is 0 Å². The number of aryl methyl sites for hydroxylation is 1. The Bertz CT molecular complexity index is 492. The van der Waals surface area contributed by atoms with Gasteiger partial charge in [-0.2, -0.15) is 0 Å². The highest BCUT2D eigenvalue weighted by atomic mass is 16.2. The van der Waals surface area contributed by atoms with Gasteiger partial charge in [-0.05, 0) is 31.5 Å². The maximum absolute atomic E-state index is 12.6. The number of carbonyl (C=O) groups is 1. The fraction of sp³-hybridized carbons (Fsp3) is 0.562. The predicted octanol–water partition coefficient (Wildman–Crippen LogP) is 1.47. The van der Waals surface area contributed by atoms with Gasteiger partial charge in [0.15, 0.2) is 6.04 Å². The highest BCUT2D eigenvalue weighted by Gasteiger charge is 2.45. The van der Waals surface area contributed by atoms with Crippen LogP contribution in [0.15, 0.2) is 24.3 Å². The van der Waals surface area contributed by atoms with E-state index in [9.17, 15) is 4.79 Å². The van der Waals surface area contributed by atoms with Gasteiger partial charge >= 0.3 is 0 Å². The van der Waals surface area contributed by atoms with E-state index in [0.717, 1.165) is 49.4 Å². The Hall–Kier alpha value is -1.39. The number of hydrogen-bond donors (Lipinski definition) is 1. The quantitative estimate of drug-likeness (QED) is 0.847. The molecule has 3 fully saturated rings. The SMILES string of the molecule is Cc1cccc(NC(=O)[C@H](C)[N+]23CCN(CC2)CC3)c1. The average Bonchev–Trinajstić information content (AvgIpc) is 2.48. The fourth-order valence-corrected chi connectivity index (χ4v) is 3.49. The molecule has 1 N–H and O–H groups in total. The number of quaternary nitrogens is 1. The number of fused-ring (bicyclic) bond motifs is 3. The number of anilines is 1. The van der Waals surface area contributed by atoms with Crippen LogP contribution in [0.3, 0.4) is 0 Å². The van der Waals surface area contributed by atoms with Crippen molar-refractivity contribution in [1.29, 1.82) is 0 Å². The summed E-state index contributed by atoms with van der Waals surface area (Å²) in [5, 5.41) is 3.09. The molecule has 2 bridgehead atoms. The van der Waals surface area contributed by atoms with Gasteiger partial charge in [-0.15, -0.1) is 0 Å². The van der Waals surface area contributed by atoms with Crippen LogP contribution in [-0.4, -0.2) is 60.6 Å². The van der Waals surface area contributed by atoms with Gasteiger partial charge in [0.1, 0.15) is 0 Å². The van der Waals surface area contributed by atoms with Crippen molar-refractivity contribution in [3.8, 4) is 0 Å². The average molecular weight is 274 g/mol. The second kappa shape index (κ2) is 5.19. The molecule has 1 aromatic rings. The first-order valence-corrected chi connectivity index (χ1v) is 7.55. The van der Waals surface area contributed by atoms with E-state index in [1.54, 1.807) is 0 Å². The van der Waals surface area contributed by atoms with Gasteiger partial charge in [-0.3, -0.25) is 9.69 Å². The van der Waals surface area contributed by atoms with Crippen LogP contribution in [-0.2, 0) is 4.79 Å². The maximum atomic E-state index is 12.6. The Labute approximate surface area is 121 Å². The zero-order chi connectivity index (χ0) is 14.2. The van der Waals surface area contributed by atoms with Crippen molar-refractivity contribution in [2.45, 2.75) is 19.9 Å². The molecule has 1 atom stereocenters. The number of amides is 1. The lowest BCUT2D eigenvalue weighted by Crippen LogP contribution is -2.72. The van der Waals surface area contributed by atoms with E-state index < -0.39 is 0 Å². The van der Waals surface area contributed by atoms with Crippen LogP contribution < -0.4 is 5.32 Å². The molecule has 0 aliphatic carbocycles. The third kappa shape index (κ3) is 2.45.